The van der Waals surface area contributed by atoms with Crippen LogP contribution in [0, 0.1) is 0 Å². The van der Waals surface area contributed by atoms with Crippen molar-refractivity contribution in [2.45, 2.75) is 38.3 Å². The van der Waals surface area contributed by atoms with Crippen molar-refractivity contribution in [2.24, 2.45) is 0 Å². The lowest BCUT2D eigenvalue weighted by Crippen LogP contribution is -2.31. The molecule has 0 spiro atoms. The number of carbonyl (C=O) groups is 1. The maximum atomic E-state index is 11.9. The van der Waals surface area contributed by atoms with Gasteiger partial charge < -0.3 is 14.1 Å². The van der Waals surface area contributed by atoms with Crippen molar-refractivity contribution < 1.29 is 13.9 Å². The van der Waals surface area contributed by atoms with Gasteiger partial charge in [0.05, 0.1) is 12.6 Å². The first kappa shape index (κ1) is 13.6. The highest BCUT2D eigenvalue weighted by Crippen LogP contribution is 2.21. The summed E-state index contributed by atoms with van der Waals surface area (Å²) >= 11 is 3.24. The van der Waals surface area contributed by atoms with E-state index in [1.807, 2.05) is 12.1 Å². The molecule has 1 aromatic rings. The van der Waals surface area contributed by atoms with E-state index in [-0.39, 0.29) is 18.6 Å². The average molecular weight is 316 g/mol. The number of ether oxygens (including phenoxy) is 1. The molecule has 100 valence electrons. The Morgan fingerprint density at radius 3 is 2.83 bits per heavy atom. The molecular weight excluding hydrogens is 298 g/mol. The van der Waals surface area contributed by atoms with Crippen LogP contribution in [0.4, 0.5) is 0 Å². The van der Waals surface area contributed by atoms with E-state index in [1.54, 1.807) is 11.9 Å². The molecule has 0 unspecified atom stereocenters. The van der Waals surface area contributed by atoms with Crippen LogP contribution in [-0.2, 0) is 16.1 Å². The first-order valence-corrected chi connectivity index (χ1v) is 7.04. The molecule has 0 radical (unpaired) electrons. The SMILES string of the molecule is CN(Cc1ccc(Br)o1)C(=O)COC1CCCC1. The molecule has 18 heavy (non-hydrogen) atoms. The summed E-state index contributed by atoms with van der Waals surface area (Å²) in [6.07, 6.45) is 4.88. The zero-order valence-electron chi connectivity index (χ0n) is 10.5. The number of furan rings is 1. The summed E-state index contributed by atoms with van der Waals surface area (Å²) in [5.41, 5.74) is 0. The molecule has 1 amide bonds. The van der Waals surface area contributed by atoms with Gasteiger partial charge in [-0.15, -0.1) is 0 Å². The highest BCUT2D eigenvalue weighted by atomic mass is 79.9. The van der Waals surface area contributed by atoms with Gasteiger partial charge in [0.1, 0.15) is 12.4 Å². The Labute approximate surface area is 115 Å². The Morgan fingerprint density at radius 1 is 1.50 bits per heavy atom. The van der Waals surface area contributed by atoms with Crippen molar-refractivity contribution in [2.75, 3.05) is 13.7 Å². The van der Waals surface area contributed by atoms with Crippen LogP contribution in [0.3, 0.4) is 0 Å². The fraction of sp³-hybridized carbons (Fsp3) is 0.615. The van der Waals surface area contributed by atoms with Crippen molar-refractivity contribution >= 4 is 21.8 Å². The fourth-order valence-corrected chi connectivity index (χ4v) is 2.45. The van der Waals surface area contributed by atoms with E-state index in [4.69, 9.17) is 9.15 Å². The van der Waals surface area contributed by atoms with Gasteiger partial charge in [-0.25, -0.2) is 0 Å². The first-order chi connectivity index (χ1) is 8.65. The largest absolute Gasteiger partial charge is 0.452 e. The van der Waals surface area contributed by atoms with E-state index in [2.05, 4.69) is 15.9 Å². The molecule has 5 heteroatoms. The van der Waals surface area contributed by atoms with Gasteiger partial charge in [-0.05, 0) is 40.9 Å². The van der Waals surface area contributed by atoms with E-state index >= 15 is 0 Å². The van der Waals surface area contributed by atoms with Crippen LogP contribution in [0.25, 0.3) is 0 Å². The van der Waals surface area contributed by atoms with Crippen molar-refractivity contribution in [1.29, 1.82) is 0 Å². The second-order valence-electron chi connectivity index (χ2n) is 4.67. The van der Waals surface area contributed by atoms with Crippen LogP contribution < -0.4 is 0 Å². The van der Waals surface area contributed by atoms with Gasteiger partial charge >= 0.3 is 0 Å². The third-order valence-electron chi connectivity index (χ3n) is 3.19. The molecule has 1 aromatic heterocycles. The summed E-state index contributed by atoms with van der Waals surface area (Å²) in [6, 6.07) is 3.67. The predicted octanol–water partition coefficient (Wildman–Crippen LogP) is 2.96. The molecule has 0 atom stereocenters. The van der Waals surface area contributed by atoms with Crippen molar-refractivity contribution in [3.63, 3.8) is 0 Å². The molecule has 0 bridgehead atoms. The highest BCUT2D eigenvalue weighted by Gasteiger charge is 2.18. The van der Waals surface area contributed by atoms with Gasteiger partial charge in [-0.3, -0.25) is 4.79 Å². The van der Waals surface area contributed by atoms with Gasteiger partial charge in [0.2, 0.25) is 5.91 Å². The monoisotopic (exact) mass is 315 g/mol. The Balaban J connectivity index is 1.74. The molecule has 1 heterocycles. The van der Waals surface area contributed by atoms with Crippen molar-refractivity contribution in [3.8, 4) is 0 Å². The summed E-state index contributed by atoms with van der Waals surface area (Å²) in [5.74, 6) is 0.757. The van der Waals surface area contributed by atoms with E-state index < -0.39 is 0 Å². The number of halogens is 1. The molecule has 1 saturated carbocycles. The minimum Gasteiger partial charge on any atom is -0.452 e. The summed E-state index contributed by atoms with van der Waals surface area (Å²) in [7, 11) is 1.76. The third-order valence-corrected chi connectivity index (χ3v) is 3.62. The number of hydrogen-bond acceptors (Lipinski definition) is 3. The van der Waals surface area contributed by atoms with Crippen LogP contribution in [0.2, 0.25) is 0 Å². The van der Waals surface area contributed by atoms with Gasteiger partial charge in [-0.1, -0.05) is 12.8 Å². The molecular formula is C13H18BrNO3. The van der Waals surface area contributed by atoms with E-state index in [0.717, 1.165) is 18.6 Å². The minimum atomic E-state index is -0.00516. The van der Waals surface area contributed by atoms with Gasteiger partial charge in [0.25, 0.3) is 0 Å². The molecule has 0 N–H and O–H groups in total. The minimum absolute atomic E-state index is 0.00516. The fourth-order valence-electron chi connectivity index (χ4n) is 2.11. The van der Waals surface area contributed by atoms with Crippen LogP contribution in [0.1, 0.15) is 31.4 Å². The molecule has 0 aromatic carbocycles. The lowest BCUT2D eigenvalue weighted by molar-refractivity contribution is -0.137. The summed E-state index contributed by atoms with van der Waals surface area (Å²) in [4.78, 5) is 13.5. The van der Waals surface area contributed by atoms with E-state index in [9.17, 15) is 4.79 Å². The lowest BCUT2D eigenvalue weighted by atomic mass is 10.3. The maximum Gasteiger partial charge on any atom is 0.248 e. The van der Waals surface area contributed by atoms with Crippen molar-refractivity contribution in [1.82, 2.24) is 4.90 Å². The second kappa shape index (κ2) is 6.38. The Kier molecular flexibility index (Phi) is 4.83. The van der Waals surface area contributed by atoms with E-state index in [0.29, 0.717) is 11.2 Å². The summed E-state index contributed by atoms with van der Waals surface area (Å²) in [5, 5.41) is 0. The van der Waals surface area contributed by atoms with Crippen LogP contribution in [0.15, 0.2) is 21.2 Å². The Bertz CT molecular complexity index is 399. The molecule has 1 aliphatic rings. The molecule has 2 rings (SSSR count). The predicted molar refractivity (Wildman–Crippen MR) is 71.1 cm³/mol. The molecule has 4 nitrogen and oxygen atoms in total. The molecule has 1 aliphatic carbocycles. The normalized spacial score (nSPS) is 16.1. The quantitative estimate of drug-likeness (QED) is 0.839. The van der Waals surface area contributed by atoms with Gasteiger partial charge in [0.15, 0.2) is 4.67 Å². The average Bonchev–Trinajstić information content (AvgIpc) is 2.97. The standard InChI is InChI=1S/C13H18BrNO3/c1-15(8-11-6-7-12(14)18-11)13(16)9-17-10-4-2-3-5-10/h6-7,10H,2-5,8-9H2,1H3. The maximum absolute atomic E-state index is 11.9. The van der Waals surface area contributed by atoms with Crippen molar-refractivity contribution in [3.05, 3.63) is 22.6 Å². The van der Waals surface area contributed by atoms with E-state index in [1.165, 1.54) is 12.8 Å². The zero-order valence-corrected chi connectivity index (χ0v) is 12.1. The Hall–Kier alpha value is -0.810. The Morgan fingerprint density at radius 2 is 2.22 bits per heavy atom. The van der Waals surface area contributed by atoms with Crippen LogP contribution in [0.5, 0.6) is 0 Å². The molecule has 1 fully saturated rings. The smallest absolute Gasteiger partial charge is 0.248 e. The summed E-state index contributed by atoms with van der Waals surface area (Å²) < 4.78 is 11.6. The number of rotatable bonds is 5. The van der Waals surface area contributed by atoms with Gasteiger partial charge in [-0.2, -0.15) is 0 Å². The number of hydrogen-bond donors (Lipinski definition) is 0. The topological polar surface area (TPSA) is 42.7 Å². The number of carbonyl (C=O) groups excluding carboxylic acids is 1. The summed E-state index contributed by atoms with van der Waals surface area (Å²) in [6.45, 7) is 0.640. The zero-order chi connectivity index (χ0) is 13.0. The number of likely N-dealkylation sites (N-methyl/N-ethyl adjacent to an activating group) is 1. The molecule has 0 saturated heterocycles. The number of amides is 1. The van der Waals surface area contributed by atoms with Gasteiger partial charge in [0, 0.05) is 7.05 Å². The van der Waals surface area contributed by atoms with Crippen LogP contribution in [-0.4, -0.2) is 30.6 Å². The highest BCUT2D eigenvalue weighted by molar-refractivity contribution is 9.10. The van der Waals surface area contributed by atoms with Crippen LogP contribution >= 0.6 is 15.9 Å². The molecule has 0 aliphatic heterocycles. The first-order valence-electron chi connectivity index (χ1n) is 6.25. The third kappa shape index (κ3) is 3.85. The number of nitrogens with zero attached hydrogens (tertiary/aromatic N) is 1. The second-order valence-corrected chi connectivity index (χ2v) is 5.45. The lowest BCUT2D eigenvalue weighted by Gasteiger charge is -2.17.